The Labute approximate surface area is 134 Å². The van der Waals surface area contributed by atoms with Crippen molar-refractivity contribution in [1.29, 1.82) is 0 Å². The van der Waals surface area contributed by atoms with E-state index in [1.807, 2.05) is 73.7 Å². The van der Waals surface area contributed by atoms with Crippen LogP contribution in [0.2, 0.25) is 0 Å². The zero-order valence-corrected chi connectivity index (χ0v) is 13.1. The van der Waals surface area contributed by atoms with E-state index in [9.17, 15) is 4.79 Å². The smallest absolute Gasteiger partial charge is 0.241 e. The Balaban J connectivity index is 1.95. The van der Waals surface area contributed by atoms with Crippen LogP contribution in [0, 0.1) is 0 Å². The number of anilines is 1. The van der Waals surface area contributed by atoms with E-state index in [4.69, 9.17) is 0 Å². The molecule has 2 aromatic rings. The van der Waals surface area contributed by atoms with Crippen molar-refractivity contribution in [3.05, 3.63) is 72.4 Å². The molecule has 4 heteroatoms. The van der Waals surface area contributed by atoms with Crippen LogP contribution in [0.5, 0.6) is 0 Å². The maximum absolute atomic E-state index is 12.4. The van der Waals surface area contributed by atoms with Gasteiger partial charge in [0.2, 0.25) is 5.91 Å². The van der Waals surface area contributed by atoms with E-state index in [1.54, 1.807) is 4.90 Å². The van der Waals surface area contributed by atoms with Crippen LogP contribution in [0.3, 0.4) is 0 Å². The largest absolute Gasteiger partial charge is 0.284 e. The topological polar surface area (TPSA) is 32.7 Å². The highest BCUT2D eigenvalue weighted by Crippen LogP contribution is 2.26. The van der Waals surface area contributed by atoms with Crippen molar-refractivity contribution < 1.29 is 4.79 Å². The number of carbonyl (C=O) groups excluding carboxylic acids is 1. The Morgan fingerprint density at radius 2 is 1.64 bits per heavy atom. The van der Waals surface area contributed by atoms with Crippen LogP contribution in [0.1, 0.15) is 6.92 Å². The second-order valence-electron chi connectivity index (χ2n) is 4.92. The average Bonchev–Trinajstić information content (AvgIpc) is 2.68. The third kappa shape index (κ3) is 3.28. The van der Waals surface area contributed by atoms with Crippen LogP contribution in [-0.4, -0.2) is 16.7 Å². The molecule has 22 heavy (non-hydrogen) atoms. The lowest BCUT2D eigenvalue weighted by Crippen LogP contribution is -2.29. The fraction of sp³-hybridized carbons (Fsp3) is 0.111. The minimum atomic E-state index is 0.0724. The molecule has 1 aliphatic rings. The van der Waals surface area contributed by atoms with Crippen molar-refractivity contribution in [2.75, 3.05) is 10.7 Å². The average molecular weight is 308 g/mol. The Kier molecular flexibility index (Phi) is 4.39. The second kappa shape index (κ2) is 6.62. The first-order valence-electron chi connectivity index (χ1n) is 7.07. The number of hydrogen-bond donors (Lipinski definition) is 0. The van der Waals surface area contributed by atoms with Gasteiger partial charge in [-0.2, -0.15) is 0 Å². The van der Waals surface area contributed by atoms with Gasteiger partial charge in [-0.3, -0.25) is 9.69 Å². The number of benzene rings is 2. The molecule has 0 N–H and O–H groups in total. The molecule has 0 unspecified atom stereocenters. The number of nitrogens with zero attached hydrogens (tertiary/aromatic N) is 2. The Morgan fingerprint density at radius 3 is 2.32 bits per heavy atom. The first kappa shape index (κ1) is 14.6. The van der Waals surface area contributed by atoms with E-state index in [0.29, 0.717) is 5.75 Å². The van der Waals surface area contributed by atoms with Crippen molar-refractivity contribution >= 4 is 34.1 Å². The minimum absolute atomic E-state index is 0.0724. The molecule has 0 radical (unpaired) electrons. The maximum Gasteiger partial charge on any atom is 0.241 e. The zero-order valence-electron chi connectivity index (χ0n) is 12.3. The predicted molar refractivity (Wildman–Crippen MR) is 93.7 cm³/mol. The van der Waals surface area contributed by atoms with Gasteiger partial charge in [0.05, 0.1) is 16.5 Å². The van der Waals surface area contributed by atoms with Crippen LogP contribution >= 0.6 is 11.8 Å². The van der Waals surface area contributed by atoms with Gasteiger partial charge in [-0.05, 0) is 37.3 Å². The molecule has 0 aromatic heterocycles. The predicted octanol–water partition coefficient (Wildman–Crippen LogP) is 4.40. The number of rotatable bonds is 2. The van der Waals surface area contributed by atoms with Crippen molar-refractivity contribution in [3.63, 3.8) is 0 Å². The van der Waals surface area contributed by atoms with E-state index in [2.05, 4.69) is 4.99 Å². The van der Waals surface area contributed by atoms with Crippen molar-refractivity contribution in [3.8, 4) is 0 Å². The lowest BCUT2D eigenvalue weighted by molar-refractivity contribution is -0.115. The molecule has 0 saturated carbocycles. The molecule has 0 aliphatic carbocycles. The van der Waals surface area contributed by atoms with Gasteiger partial charge in [0.25, 0.3) is 0 Å². The highest BCUT2D eigenvalue weighted by Gasteiger charge is 2.21. The number of carbonyl (C=O) groups is 1. The van der Waals surface area contributed by atoms with Gasteiger partial charge < -0.3 is 0 Å². The summed E-state index contributed by atoms with van der Waals surface area (Å²) in [6.45, 7) is 1.94. The van der Waals surface area contributed by atoms with Gasteiger partial charge >= 0.3 is 0 Å². The summed E-state index contributed by atoms with van der Waals surface area (Å²) < 4.78 is 0. The summed E-state index contributed by atoms with van der Waals surface area (Å²) in [6.07, 6.45) is 1.97. The summed E-state index contributed by atoms with van der Waals surface area (Å²) in [5.41, 5.74) is 2.67. The summed E-state index contributed by atoms with van der Waals surface area (Å²) in [4.78, 5) is 18.8. The van der Waals surface area contributed by atoms with Crippen LogP contribution < -0.4 is 4.90 Å². The fourth-order valence-electron chi connectivity index (χ4n) is 2.30. The second-order valence-corrected chi connectivity index (χ2v) is 5.92. The van der Waals surface area contributed by atoms with Crippen molar-refractivity contribution in [1.82, 2.24) is 0 Å². The fourth-order valence-corrected chi connectivity index (χ4v) is 3.13. The standard InChI is InChI=1S/C18H16N2OS/c1-14-12-17(19-15-8-4-2-5-9-15)22-13-18(21)20(14)16-10-6-3-7-11-16/h2-12H,13H2,1H3. The number of para-hydroxylation sites is 2. The summed E-state index contributed by atoms with van der Waals surface area (Å²) in [6, 6.07) is 19.5. The molecule has 110 valence electrons. The quantitative estimate of drug-likeness (QED) is 0.823. The summed E-state index contributed by atoms with van der Waals surface area (Å²) in [7, 11) is 0. The molecule has 1 amide bonds. The number of aliphatic imine (C=N–C) groups is 1. The monoisotopic (exact) mass is 308 g/mol. The summed E-state index contributed by atoms with van der Waals surface area (Å²) in [5.74, 6) is 0.456. The molecule has 3 rings (SSSR count). The lowest BCUT2D eigenvalue weighted by atomic mass is 10.2. The SMILES string of the molecule is CC1=CC(=Nc2ccccc2)SCC(=O)N1c1ccccc1. The number of allylic oxidation sites excluding steroid dienone is 1. The molecule has 1 aliphatic heterocycles. The maximum atomic E-state index is 12.4. The molecule has 0 atom stereocenters. The molecule has 0 spiro atoms. The van der Waals surface area contributed by atoms with Crippen molar-refractivity contribution in [2.45, 2.75) is 6.92 Å². The Hall–Kier alpha value is -2.33. The molecule has 0 bridgehead atoms. The lowest BCUT2D eigenvalue weighted by Gasteiger charge is -2.21. The number of thioether (sulfide) groups is 1. The first-order valence-corrected chi connectivity index (χ1v) is 8.05. The van der Waals surface area contributed by atoms with Gasteiger partial charge in [-0.1, -0.05) is 48.2 Å². The van der Waals surface area contributed by atoms with Gasteiger partial charge in [-0.15, -0.1) is 0 Å². The molecule has 0 saturated heterocycles. The summed E-state index contributed by atoms with van der Waals surface area (Å²) in [5, 5.41) is 0.857. The zero-order chi connectivity index (χ0) is 15.4. The molecule has 3 nitrogen and oxygen atoms in total. The van der Waals surface area contributed by atoms with Crippen molar-refractivity contribution in [2.24, 2.45) is 4.99 Å². The highest BCUT2D eigenvalue weighted by molar-refractivity contribution is 8.14. The van der Waals surface area contributed by atoms with E-state index in [-0.39, 0.29) is 5.91 Å². The van der Waals surface area contributed by atoms with Gasteiger partial charge in [-0.25, -0.2) is 4.99 Å². The molecular formula is C18H16N2OS. The molecule has 0 fully saturated rings. The molecule has 2 aromatic carbocycles. The minimum Gasteiger partial charge on any atom is -0.284 e. The number of hydrogen-bond acceptors (Lipinski definition) is 3. The van der Waals surface area contributed by atoms with E-state index in [0.717, 1.165) is 22.1 Å². The first-order chi connectivity index (χ1) is 10.7. The van der Waals surface area contributed by atoms with E-state index in [1.165, 1.54) is 11.8 Å². The normalized spacial score (nSPS) is 17.3. The van der Waals surface area contributed by atoms with Crippen LogP contribution in [-0.2, 0) is 4.79 Å². The Bertz CT molecular complexity index is 723. The van der Waals surface area contributed by atoms with Gasteiger partial charge in [0.1, 0.15) is 0 Å². The van der Waals surface area contributed by atoms with Gasteiger partial charge in [0, 0.05) is 11.4 Å². The molecule has 1 heterocycles. The van der Waals surface area contributed by atoms with Crippen LogP contribution in [0.25, 0.3) is 0 Å². The Morgan fingerprint density at radius 1 is 1.00 bits per heavy atom. The third-order valence-electron chi connectivity index (χ3n) is 3.29. The van der Waals surface area contributed by atoms with Crippen LogP contribution in [0.15, 0.2) is 77.4 Å². The highest BCUT2D eigenvalue weighted by atomic mass is 32.2. The number of amides is 1. The van der Waals surface area contributed by atoms with E-state index < -0.39 is 0 Å². The third-order valence-corrected chi connectivity index (χ3v) is 4.18. The van der Waals surface area contributed by atoms with Gasteiger partial charge in [0.15, 0.2) is 0 Å². The van der Waals surface area contributed by atoms with Crippen LogP contribution in [0.4, 0.5) is 11.4 Å². The summed E-state index contributed by atoms with van der Waals surface area (Å²) >= 11 is 1.47. The molecular weight excluding hydrogens is 292 g/mol. The van der Waals surface area contributed by atoms with E-state index >= 15 is 0 Å².